The SMILES string of the molecule is CNC(=O)c1ccc(-c2ncc(F)c(-c3cc4c([nH]3)C3(CCNCC3)CNC4=O)n2)cc1. The molecule has 8 nitrogen and oxygen atoms in total. The van der Waals surface area contributed by atoms with Gasteiger partial charge in [-0.05, 0) is 44.1 Å². The number of benzene rings is 1. The second kappa shape index (κ2) is 7.83. The van der Waals surface area contributed by atoms with Crippen LogP contribution in [0.4, 0.5) is 4.39 Å². The van der Waals surface area contributed by atoms with Crippen LogP contribution >= 0.6 is 0 Å². The summed E-state index contributed by atoms with van der Waals surface area (Å²) in [6, 6.07) is 8.45. The number of piperidine rings is 1. The smallest absolute Gasteiger partial charge is 0.253 e. The third kappa shape index (κ3) is 3.34. The summed E-state index contributed by atoms with van der Waals surface area (Å²) in [4.78, 5) is 36.2. The molecule has 0 aliphatic carbocycles. The lowest BCUT2D eigenvalue weighted by atomic mass is 9.73. The molecule has 2 amide bonds. The van der Waals surface area contributed by atoms with Gasteiger partial charge in [0.25, 0.3) is 11.8 Å². The lowest BCUT2D eigenvalue weighted by Crippen LogP contribution is -2.51. The van der Waals surface area contributed by atoms with Gasteiger partial charge in [0.2, 0.25) is 0 Å². The van der Waals surface area contributed by atoms with Gasteiger partial charge in [0.05, 0.1) is 17.5 Å². The largest absolute Gasteiger partial charge is 0.356 e. The first-order valence-electron chi connectivity index (χ1n) is 10.6. The number of fused-ring (bicyclic) bond motifs is 2. The van der Waals surface area contributed by atoms with Gasteiger partial charge < -0.3 is 20.9 Å². The Morgan fingerprint density at radius 3 is 2.66 bits per heavy atom. The Labute approximate surface area is 184 Å². The van der Waals surface area contributed by atoms with E-state index in [1.807, 2.05) is 0 Å². The number of carbonyl (C=O) groups is 2. The van der Waals surface area contributed by atoms with Gasteiger partial charge >= 0.3 is 0 Å². The number of halogens is 1. The monoisotopic (exact) mass is 434 g/mol. The van der Waals surface area contributed by atoms with E-state index in [1.54, 1.807) is 37.4 Å². The summed E-state index contributed by atoms with van der Waals surface area (Å²) in [5.41, 5.74) is 2.94. The van der Waals surface area contributed by atoms with Gasteiger partial charge in [0, 0.05) is 35.8 Å². The lowest BCUT2D eigenvalue weighted by molar-refractivity contribution is 0.0912. The van der Waals surface area contributed by atoms with Crippen molar-refractivity contribution in [1.82, 2.24) is 30.9 Å². The molecule has 3 aromatic rings. The topological polar surface area (TPSA) is 112 Å². The molecule has 32 heavy (non-hydrogen) atoms. The van der Waals surface area contributed by atoms with E-state index in [9.17, 15) is 14.0 Å². The minimum Gasteiger partial charge on any atom is -0.356 e. The highest BCUT2D eigenvalue weighted by Gasteiger charge is 2.42. The molecule has 4 heterocycles. The van der Waals surface area contributed by atoms with Crippen LogP contribution in [0, 0.1) is 5.82 Å². The molecule has 1 saturated heterocycles. The normalized spacial score (nSPS) is 17.0. The Kier molecular flexibility index (Phi) is 4.97. The van der Waals surface area contributed by atoms with Crippen LogP contribution in [-0.2, 0) is 5.41 Å². The summed E-state index contributed by atoms with van der Waals surface area (Å²) in [6.07, 6.45) is 2.90. The number of nitrogens with one attached hydrogen (secondary N) is 4. The lowest BCUT2D eigenvalue weighted by Gasteiger charge is -2.40. The van der Waals surface area contributed by atoms with Gasteiger partial charge in [0.15, 0.2) is 11.6 Å². The number of aromatic nitrogens is 3. The fourth-order valence-electron chi connectivity index (χ4n) is 4.55. The van der Waals surface area contributed by atoms with Crippen LogP contribution in [0.15, 0.2) is 36.5 Å². The Hall–Kier alpha value is -3.59. The van der Waals surface area contributed by atoms with Crippen molar-refractivity contribution in [1.29, 1.82) is 0 Å². The van der Waals surface area contributed by atoms with E-state index < -0.39 is 5.82 Å². The summed E-state index contributed by atoms with van der Waals surface area (Å²) in [6.45, 7) is 2.29. The molecule has 0 saturated carbocycles. The fraction of sp³-hybridized carbons (Fsp3) is 0.304. The standard InChI is InChI=1S/C23H23FN6O2/c1-25-21(31)14-4-2-13(3-5-14)20-27-11-16(24)18(30-20)17-10-15-19(29-17)23(12-28-22(15)32)6-8-26-9-7-23/h2-5,10-11,26,29H,6-9,12H2,1H3,(H,25,31)(H,28,32). The van der Waals surface area contributed by atoms with E-state index in [-0.39, 0.29) is 22.9 Å². The zero-order chi connectivity index (χ0) is 22.3. The molecule has 0 unspecified atom stereocenters. The summed E-state index contributed by atoms with van der Waals surface area (Å²) in [5.74, 6) is -0.599. The molecule has 4 N–H and O–H groups in total. The highest BCUT2D eigenvalue weighted by atomic mass is 19.1. The molecule has 0 radical (unpaired) electrons. The zero-order valence-corrected chi connectivity index (χ0v) is 17.6. The highest BCUT2D eigenvalue weighted by Crippen LogP contribution is 2.39. The molecule has 164 valence electrons. The predicted molar refractivity (Wildman–Crippen MR) is 117 cm³/mol. The first-order valence-corrected chi connectivity index (χ1v) is 10.6. The Morgan fingerprint density at radius 1 is 1.19 bits per heavy atom. The fourth-order valence-corrected chi connectivity index (χ4v) is 4.55. The van der Waals surface area contributed by atoms with E-state index >= 15 is 0 Å². The van der Waals surface area contributed by atoms with Crippen molar-refractivity contribution in [3.05, 3.63) is 59.2 Å². The van der Waals surface area contributed by atoms with Gasteiger partial charge in [-0.25, -0.2) is 14.4 Å². The van der Waals surface area contributed by atoms with Gasteiger partial charge in [-0.3, -0.25) is 9.59 Å². The van der Waals surface area contributed by atoms with Crippen molar-refractivity contribution >= 4 is 11.8 Å². The molecule has 1 fully saturated rings. The molecule has 1 spiro atoms. The summed E-state index contributed by atoms with van der Waals surface area (Å²) >= 11 is 0. The van der Waals surface area contributed by atoms with Crippen LogP contribution in [0.25, 0.3) is 22.8 Å². The third-order valence-electron chi connectivity index (χ3n) is 6.37. The average Bonchev–Trinajstić information content (AvgIpc) is 3.29. The Balaban J connectivity index is 1.54. The van der Waals surface area contributed by atoms with Gasteiger partial charge in [0.1, 0.15) is 5.69 Å². The second-order valence-corrected chi connectivity index (χ2v) is 8.23. The summed E-state index contributed by atoms with van der Waals surface area (Å²) < 4.78 is 14.8. The molecule has 0 atom stereocenters. The first kappa shape index (κ1) is 20.3. The van der Waals surface area contributed by atoms with E-state index in [2.05, 4.69) is 30.9 Å². The highest BCUT2D eigenvalue weighted by molar-refractivity contribution is 5.98. The molecule has 5 rings (SSSR count). The van der Waals surface area contributed by atoms with Gasteiger partial charge in [-0.1, -0.05) is 12.1 Å². The first-order chi connectivity index (χ1) is 15.5. The van der Waals surface area contributed by atoms with Crippen LogP contribution in [0.1, 0.15) is 39.3 Å². The molecule has 0 bridgehead atoms. The third-order valence-corrected chi connectivity index (χ3v) is 6.37. The zero-order valence-electron chi connectivity index (χ0n) is 17.6. The molecular weight excluding hydrogens is 411 g/mol. The van der Waals surface area contributed by atoms with E-state index in [4.69, 9.17) is 0 Å². The van der Waals surface area contributed by atoms with Crippen LogP contribution in [-0.4, -0.2) is 53.4 Å². The van der Waals surface area contributed by atoms with Crippen LogP contribution in [0.2, 0.25) is 0 Å². The summed E-state index contributed by atoms with van der Waals surface area (Å²) in [7, 11) is 1.57. The number of aromatic amines is 1. The minimum absolute atomic E-state index is 0.108. The predicted octanol–water partition coefficient (Wildman–Crippen LogP) is 2.00. The maximum absolute atomic E-state index is 14.8. The molecular formula is C23H23FN6O2. The van der Waals surface area contributed by atoms with Crippen LogP contribution in [0.3, 0.4) is 0 Å². The maximum atomic E-state index is 14.8. The Bertz CT molecular complexity index is 1200. The number of hydrogen-bond donors (Lipinski definition) is 4. The number of nitrogens with zero attached hydrogens (tertiary/aromatic N) is 2. The van der Waals surface area contributed by atoms with E-state index in [0.717, 1.165) is 37.8 Å². The molecule has 9 heteroatoms. The molecule has 2 aliphatic rings. The van der Waals surface area contributed by atoms with Crippen molar-refractivity contribution in [3.63, 3.8) is 0 Å². The van der Waals surface area contributed by atoms with Crippen molar-refractivity contribution in [2.24, 2.45) is 0 Å². The van der Waals surface area contributed by atoms with Crippen molar-refractivity contribution in [3.8, 4) is 22.8 Å². The van der Waals surface area contributed by atoms with Crippen molar-refractivity contribution in [2.45, 2.75) is 18.3 Å². The van der Waals surface area contributed by atoms with Crippen LogP contribution in [0.5, 0.6) is 0 Å². The number of hydrogen-bond acceptors (Lipinski definition) is 5. The van der Waals surface area contributed by atoms with E-state index in [1.165, 1.54) is 0 Å². The Morgan fingerprint density at radius 2 is 1.94 bits per heavy atom. The maximum Gasteiger partial charge on any atom is 0.253 e. The number of rotatable bonds is 3. The quantitative estimate of drug-likeness (QED) is 0.504. The minimum atomic E-state index is -0.575. The average molecular weight is 434 g/mol. The van der Waals surface area contributed by atoms with Gasteiger partial charge in [-0.15, -0.1) is 0 Å². The molecule has 2 aromatic heterocycles. The van der Waals surface area contributed by atoms with Crippen LogP contribution < -0.4 is 16.0 Å². The van der Waals surface area contributed by atoms with Crippen molar-refractivity contribution < 1.29 is 14.0 Å². The number of amides is 2. The van der Waals surface area contributed by atoms with Crippen molar-refractivity contribution in [2.75, 3.05) is 26.7 Å². The van der Waals surface area contributed by atoms with E-state index in [0.29, 0.717) is 34.8 Å². The number of carbonyl (C=O) groups excluding carboxylic acids is 2. The van der Waals surface area contributed by atoms with Gasteiger partial charge in [-0.2, -0.15) is 0 Å². The molecule has 1 aromatic carbocycles. The second-order valence-electron chi connectivity index (χ2n) is 8.23. The molecule has 2 aliphatic heterocycles. The summed E-state index contributed by atoms with van der Waals surface area (Å²) in [5, 5.41) is 8.91. The number of H-pyrrole nitrogens is 1.